The van der Waals surface area contributed by atoms with Crippen LogP contribution in [0, 0.1) is 11.3 Å². The van der Waals surface area contributed by atoms with Gasteiger partial charge in [-0.3, -0.25) is 0 Å². The minimum absolute atomic E-state index is 0.271. The van der Waals surface area contributed by atoms with E-state index in [2.05, 4.69) is 10.3 Å². The molecule has 1 aliphatic rings. The van der Waals surface area contributed by atoms with Crippen molar-refractivity contribution >= 4 is 5.82 Å². The molecule has 0 saturated carbocycles. The molecule has 84 valence electrons. The molecule has 1 aromatic rings. The second kappa shape index (κ2) is 4.90. The summed E-state index contributed by atoms with van der Waals surface area (Å²) in [6, 6.07) is 5.79. The number of pyridine rings is 1. The number of hydrogen-bond acceptors (Lipinski definition) is 4. The summed E-state index contributed by atoms with van der Waals surface area (Å²) in [5.41, 5.74) is 0.545. The van der Waals surface area contributed by atoms with Crippen LogP contribution < -0.4 is 5.32 Å². The molecule has 1 aromatic heterocycles. The van der Waals surface area contributed by atoms with Crippen LogP contribution in [-0.4, -0.2) is 29.2 Å². The van der Waals surface area contributed by atoms with Crippen molar-refractivity contribution in [2.24, 2.45) is 0 Å². The molecule has 4 nitrogen and oxygen atoms in total. The maximum Gasteiger partial charge on any atom is 0.126 e. The van der Waals surface area contributed by atoms with Gasteiger partial charge < -0.3 is 5.32 Å². The van der Waals surface area contributed by atoms with Crippen molar-refractivity contribution in [1.82, 2.24) is 10.1 Å². The molecule has 0 aliphatic carbocycles. The van der Waals surface area contributed by atoms with Crippen molar-refractivity contribution in [2.45, 2.75) is 18.9 Å². The number of nitrogens with one attached hydrogen (secondary N) is 1. The lowest BCUT2D eigenvalue weighted by Gasteiger charge is -2.26. The molecule has 0 aromatic carbocycles. The van der Waals surface area contributed by atoms with E-state index in [-0.39, 0.29) is 6.04 Å². The number of anilines is 1. The highest BCUT2D eigenvalue weighted by molar-refractivity contribution is 5.39. The molecule has 16 heavy (non-hydrogen) atoms. The van der Waals surface area contributed by atoms with Crippen LogP contribution >= 0.6 is 0 Å². The first-order valence-electron chi connectivity index (χ1n) is 5.31. The Labute approximate surface area is 93.6 Å². The molecule has 1 N–H and O–H groups in total. The molecule has 1 fully saturated rings. The zero-order chi connectivity index (χ0) is 11.4. The summed E-state index contributed by atoms with van der Waals surface area (Å²) in [5, 5.41) is 12.7. The number of piperidine rings is 1. The smallest absolute Gasteiger partial charge is 0.126 e. The summed E-state index contributed by atoms with van der Waals surface area (Å²) in [6.07, 6.45) is 3.09. The summed E-state index contributed by atoms with van der Waals surface area (Å²) in [5.74, 6) is 0.747. The number of nitrogens with zero attached hydrogens (tertiary/aromatic N) is 3. The third-order valence-electron chi connectivity index (χ3n) is 2.68. The molecule has 1 saturated heterocycles. The molecular weight excluding hydrogens is 207 g/mol. The first kappa shape index (κ1) is 10.8. The Hall–Kier alpha value is -1.67. The van der Waals surface area contributed by atoms with Gasteiger partial charge in [0, 0.05) is 25.3 Å². The largest absolute Gasteiger partial charge is 0.367 e. The molecule has 5 heteroatoms. The van der Waals surface area contributed by atoms with Gasteiger partial charge in [0.25, 0.3) is 0 Å². The average Bonchev–Trinajstić information content (AvgIpc) is 2.33. The van der Waals surface area contributed by atoms with Crippen LogP contribution in [-0.2, 0) is 0 Å². The lowest BCUT2D eigenvalue weighted by Crippen LogP contribution is -2.34. The summed E-state index contributed by atoms with van der Waals surface area (Å²) in [6.45, 7) is 0.932. The van der Waals surface area contributed by atoms with Gasteiger partial charge in [-0.15, -0.1) is 9.60 Å². The maximum atomic E-state index is 12.7. The number of hydrogen-bond donors (Lipinski definition) is 1. The molecule has 2 rings (SSSR count). The van der Waals surface area contributed by atoms with Gasteiger partial charge in [0.1, 0.15) is 11.9 Å². The van der Waals surface area contributed by atoms with Gasteiger partial charge in [-0.2, -0.15) is 5.26 Å². The van der Waals surface area contributed by atoms with E-state index in [1.54, 1.807) is 12.1 Å². The van der Waals surface area contributed by atoms with Crippen LogP contribution in [0.25, 0.3) is 0 Å². The molecule has 0 amide bonds. The lowest BCUT2D eigenvalue weighted by atomic mass is 10.1. The molecule has 1 aliphatic heterocycles. The number of rotatable bonds is 2. The summed E-state index contributed by atoms with van der Waals surface area (Å²) in [7, 11) is 0. The van der Waals surface area contributed by atoms with E-state index in [9.17, 15) is 4.48 Å². The number of nitriles is 1. The SMILES string of the molecule is N#Cc1ccc(NC2CCN(F)CC2)nc1. The molecule has 0 atom stereocenters. The van der Waals surface area contributed by atoms with Crippen molar-refractivity contribution < 1.29 is 4.48 Å². The normalized spacial score (nSPS) is 18.0. The van der Waals surface area contributed by atoms with Gasteiger partial charge in [0.05, 0.1) is 5.56 Å². The molecule has 2 heterocycles. The lowest BCUT2D eigenvalue weighted by molar-refractivity contribution is 0.00330. The topological polar surface area (TPSA) is 52.0 Å². The van der Waals surface area contributed by atoms with Gasteiger partial charge in [-0.05, 0) is 25.0 Å². The van der Waals surface area contributed by atoms with Crippen molar-refractivity contribution in [3.63, 3.8) is 0 Å². The molecule has 0 radical (unpaired) electrons. The Morgan fingerprint density at radius 3 is 2.75 bits per heavy atom. The summed E-state index contributed by atoms with van der Waals surface area (Å²) in [4.78, 5) is 4.12. The van der Waals surface area contributed by atoms with E-state index in [0.717, 1.165) is 23.8 Å². The molecule has 0 bridgehead atoms. The van der Waals surface area contributed by atoms with Crippen LogP contribution in [0.5, 0.6) is 0 Å². The van der Waals surface area contributed by atoms with Crippen LogP contribution in [0.1, 0.15) is 18.4 Å². The monoisotopic (exact) mass is 220 g/mol. The van der Waals surface area contributed by atoms with Gasteiger partial charge >= 0.3 is 0 Å². The molecular formula is C11H13FN4. The first-order chi connectivity index (χ1) is 7.78. The van der Waals surface area contributed by atoms with Crippen LogP contribution in [0.15, 0.2) is 18.3 Å². The van der Waals surface area contributed by atoms with Gasteiger partial charge in [-0.1, -0.05) is 0 Å². The first-order valence-corrected chi connectivity index (χ1v) is 5.31. The summed E-state index contributed by atoms with van der Waals surface area (Å²) < 4.78 is 12.7. The fourth-order valence-electron chi connectivity index (χ4n) is 1.75. The van der Waals surface area contributed by atoms with Gasteiger partial charge in [0.2, 0.25) is 0 Å². The predicted molar refractivity (Wildman–Crippen MR) is 58.3 cm³/mol. The standard InChI is InChI=1S/C11H13FN4/c12-16-5-3-10(4-6-16)15-11-2-1-9(7-13)8-14-11/h1-2,8,10H,3-6H2,(H,14,15). The van der Waals surface area contributed by atoms with Crippen molar-refractivity contribution in [3.05, 3.63) is 23.9 Å². The molecule has 0 unspecified atom stereocenters. The van der Waals surface area contributed by atoms with Crippen LogP contribution in [0.4, 0.5) is 10.3 Å². The third kappa shape index (κ3) is 2.67. The Morgan fingerprint density at radius 2 is 2.19 bits per heavy atom. The molecule has 0 spiro atoms. The minimum atomic E-state index is 0.271. The second-order valence-corrected chi connectivity index (χ2v) is 3.87. The highest BCUT2D eigenvalue weighted by atomic mass is 19.2. The highest BCUT2D eigenvalue weighted by Gasteiger charge is 2.18. The Kier molecular flexibility index (Phi) is 3.32. The van der Waals surface area contributed by atoms with Crippen molar-refractivity contribution in [2.75, 3.05) is 18.4 Å². The quantitative estimate of drug-likeness (QED) is 0.771. The van der Waals surface area contributed by atoms with Gasteiger partial charge in [0.15, 0.2) is 0 Å². The Balaban J connectivity index is 1.91. The fourth-order valence-corrected chi connectivity index (χ4v) is 1.75. The Morgan fingerprint density at radius 1 is 1.44 bits per heavy atom. The van der Waals surface area contributed by atoms with E-state index in [0.29, 0.717) is 18.7 Å². The second-order valence-electron chi connectivity index (χ2n) is 3.87. The van der Waals surface area contributed by atoms with E-state index in [1.165, 1.54) is 6.20 Å². The average molecular weight is 220 g/mol. The van der Waals surface area contributed by atoms with E-state index in [1.807, 2.05) is 6.07 Å². The van der Waals surface area contributed by atoms with E-state index in [4.69, 9.17) is 5.26 Å². The zero-order valence-electron chi connectivity index (χ0n) is 8.86. The fraction of sp³-hybridized carbons (Fsp3) is 0.455. The van der Waals surface area contributed by atoms with Crippen LogP contribution in [0.2, 0.25) is 0 Å². The van der Waals surface area contributed by atoms with E-state index < -0.39 is 0 Å². The van der Waals surface area contributed by atoms with Crippen molar-refractivity contribution in [3.8, 4) is 6.07 Å². The third-order valence-corrected chi connectivity index (χ3v) is 2.68. The number of aromatic nitrogens is 1. The minimum Gasteiger partial charge on any atom is -0.367 e. The summed E-state index contributed by atoms with van der Waals surface area (Å²) >= 11 is 0. The highest BCUT2D eigenvalue weighted by Crippen LogP contribution is 2.15. The number of halogens is 1. The Bertz CT molecular complexity index is 376. The van der Waals surface area contributed by atoms with Gasteiger partial charge in [-0.25, -0.2) is 4.98 Å². The predicted octanol–water partition coefficient (Wildman–Crippen LogP) is 1.71. The van der Waals surface area contributed by atoms with Crippen molar-refractivity contribution in [1.29, 1.82) is 5.26 Å². The van der Waals surface area contributed by atoms with E-state index >= 15 is 0 Å². The van der Waals surface area contributed by atoms with Crippen LogP contribution in [0.3, 0.4) is 0 Å². The maximum absolute atomic E-state index is 12.7. The zero-order valence-corrected chi connectivity index (χ0v) is 8.86.